The van der Waals surface area contributed by atoms with E-state index in [1.54, 1.807) is 39.8 Å². The number of fused-ring (bicyclic) bond motifs is 15. The summed E-state index contributed by atoms with van der Waals surface area (Å²) < 4.78 is 26.4. The molecule has 0 spiro atoms. The first-order valence-corrected chi connectivity index (χ1v) is 21.2. The number of aryl methyl sites for hydroxylation is 1. The van der Waals surface area contributed by atoms with Gasteiger partial charge in [-0.1, -0.05) is 69.4 Å². The van der Waals surface area contributed by atoms with Gasteiger partial charge in [-0.15, -0.1) is 5.10 Å². The summed E-state index contributed by atoms with van der Waals surface area (Å²) in [4.78, 5) is 41.2. The van der Waals surface area contributed by atoms with Gasteiger partial charge in [-0.2, -0.15) is 5.10 Å². The van der Waals surface area contributed by atoms with E-state index >= 15 is 0 Å². The Morgan fingerprint density at radius 3 is 2.33 bits per heavy atom. The highest BCUT2D eigenvalue weighted by Crippen LogP contribution is 2.55. The first-order chi connectivity index (χ1) is 29.7. The number of benzene rings is 3. The smallest absolute Gasteiger partial charge is 0.312 e. The van der Waals surface area contributed by atoms with Crippen LogP contribution in [0.2, 0.25) is 0 Å². The highest BCUT2D eigenvalue weighted by atomic mass is 32.1. The van der Waals surface area contributed by atoms with E-state index in [-0.39, 0.29) is 44.5 Å². The van der Waals surface area contributed by atoms with E-state index in [0.29, 0.717) is 4.80 Å². The number of phenolic OH excluding ortho intramolecular Hbond substituents is 3. The monoisotopic (exact) mass is 886 g/mol. The molecular weight excluding hydrogens is 833 g/mol. The Bertz CT molecular complexity index is 2660. The number of allylic oxidation sites excluding steroid dienone is 2. The molecule has 17 heteroatoms. The van der Waals surface area contributed by atoms with Crippen molar-refractivity contribution in [1.82, 2.24) is 4.57 Å². The van der Waals surface area contributed by atoms with Crippen molar-refractivity contribution in [2.45, 2.75) is 85.6 Å². The molecule has 4 heterocycles. The summed E-state index contributed by atoms with van der Waals surface area (Å²) in [5, 5.41) is 69.3. The number of aliphatic hydroxyl groups is 2. The summed E-state index contributed by atoms with van der Waals surface area (Å²) in [7, 11) is 3.24. The number of carbonyl (C=O) groups excluding carboxylic acids is 3. The van der Waals surface area contributed by atoms with Gasteiger partial charge in [0.1, 0.15) is 23.4 Å². The van der Waals surface area contributed by atoms with E-state index in [1.165, 1.54) is 64.6 Å². The van der Waals surface area contributed by atoms with Gasteiger partial charge in [0.05, 0.1) is 63.2 Å². The molecule has 0 aliphatic carbocycles. The van der Waals surface area contributed by atoms with Crippen molar-refractivity contribution in [1.29, 1.82) is 0 Å². The number of aromatic nitrogens is 1. The van der Waals surface area contributed by atoms with Gasteiger partial charge in [0.15, 0.2) is 5.75 Å². The Morgan fingerprint density at radius 1 is 0.968 bits per heavy atom. The molecule has 9 atom stereocenters. The van der Waals surface area contributed by atoms with Gasteiger partial charge in [-0.05, 0) is 32.1 Å². The van der Waals surface area contributed by atoms with E-state index in [1.807, 2.05) is 35.9 Å². The summed E-state index contributed by atoms with van der Waals surface area (Å²) in [5.41, 5.74) is 0.257. The van der Waals surface area contributed by atoms with Crippen LogP contribution in [-0.2, 0) is 30.8 Å². The highest BCUT2D eigenvalue weighted by Gasteiger charge is 2.50. The van der Waals surface area contributed by atoms with Crippen molar-refractivity contribution >= 4 is 61.9 Å². The van der Waals surface area contributed by atoms with Crippen LogP contribution in [-0.4, -0.2) is 91.3 Å². The number of aliphatic hydroxyl groups excluding tert-OH is 2. The second-order valence-electron chi connectivity index (χ2n) is 16.4. The zero-order chi connectivity index (χ0) is 46.2. The molecule has 3 aliphatic rings. The molecule has 5 bridgehead atoms. The van der Waals surface area contributed by atoms with Crippen LogP contribution in [0.4, 0.5) is 5.69 Å². The third kappa shape index (κ3) is 8.70. The Kier molecular flexibility index (Phi) is 13.6. The van der Waals surface area contributed by atoms with Gasteiger partial charge in [0.2, 0.25) is 4.80 Å². The molecule has 7 rings (SSSR count). The van der Waals surface area contributed by atoms with Crippen molar-refractivity contribution in [3.8, 4) is 23.0 Å². The summed E-state index contributed by atoms with van der Waals surface area (Å²) in [6.07, 6.45) is 4.55. The average Bonchev–Trinajstić information content (AvgIpc) is 3.71. The van der Waals surface area contributed by atoms with Gasteiger partial charge < -0.3 is 54.4 Å². The van der Waals surface area contributed by atoms with Crippen LogP contribution in [0.15, 0.2) is 70.6 Å². The Morgan fingerprint density at radius 2 is 1.67 bits per heavy atom. The number of ketones is 1. The largest absolute Gasteiger partial charge is 0.507 e. The predicted octanol–water partition coefficient (Wildman–Crippen LogP) is 6.24. The number of amides is 1. The van der Waals surface area contributed by atoms with E-state index in [2.05, 4.69) is 15.5 Å². The Labute approximate surface area is 368 Å². The van der Waals surface area contributed by atoms with E-state index in [9.17, 15) is 39.9 Å². The molecule has 63 heavy (non-hydrogen) atoms. The lowest BCUT2D eigenvalue weighted by atomic mass is 9.78. The maximum atomic E-state index is 14.5. The molecule has 16 nitrogen and oxygen atoms in total. The number of hydrogen-bond acceptors (Lipinski definition) is 15. The number of Topliss-reactive ketones (excluding diaryl/α,β-unsaturated/α-hetero) is 1. The Balaban J connectivity index is 1.55. The lowest BCUT2D eigenvalue weighted by Gasteiger charge is -2.38. The van der Waals surface area contributed by atoms with E-state index in [0.717, 1.165) is 16.4 Å². The van der Waals surface area contributed by atoms with Gasteiger partial charge in [-0.25, -0.2) is 0 Å². The summed E-state index contributed by atoms with van der Waals surface area (Å²) in [6.45, 7) is 12.4. The van der Waals surface area contributed by atoms with Crippen molar-refractivity contribution in [3.05, 3.63) is 81.9 Å². The molecular formula is C46H54N4O12S. The minimum absolute atomic E-state index is 0.0280. The number of phenols is 3. The maximum Gasteiger partial charge on any atom is 0.312 e. The van der Waals surface area contributed by atoms with Gasteiger partial charge in [0.25, 0.3) is 11.7 Å². The molecule has 6 N–H and O–H groups in total. The number of nitrogens with zero attached hydrogens (tertiary/aromatic N) is 3. The quantitative estimate of drug-likeness (QED) is 0.0440. The molecule has 4 aromatic rings. The maximum absolute atomic E-state index is 14.5. The lowest BCUT2D eigenvalue weighted by molar-refractivity contribution is -0.160. The second-order valence-corrected chi connectivity index (χ2v) is 17.4. The van der Waals surface area contributed by atoms with Crippen LogP contribution in [0.25, 0.3) is 21.0 Å². The van der Waals surface area contributed by atoms with Crippen LogP contribution in [0.3, 0.4) is 0 Å². The molecule has 0 fully saturated rings. The minimum Gasteiger partial charge on any atom is -0.507 e. The van der Waals surface area contributed by atoms with Crippen molar-refractivity contribution in [2.24, 2.45) is 40.9 Å². The number of anilines is 1. The number of ether oxygens (including phenoxy) is 4. The van der Waals surface area contributed by atoms with Crippen molar-refractivity contribution in [3.63, 3.8) is 0 Å². The second kappa shape index (κ2) is 18.4. The third-order valence-electron chi connectivity index (χ3n) is 12.1. The first-order valence-electron chi connectivity index (χ1n) is 20.4. The average molecular weight is 887 g/mol. The molecule has 1 amide bonds. The molecule has 0 radical (unpaired) electrons. The number of esters is 1. The summed E-state index contributed by atoms with van der Waals surface area (Å²) in [5.74, 6) is -8.73. The van der Waals surface area contributed by atoms with E-state index in [4.69, 9.17) is 18.9 Å². The summed E-state index contributed by atoms with van der Waals surface area (Å²) >= 11 is 1.36. The number of aromatic hydroxyl groups is 3. The highest BCUT2D eigenvalue weighted by molar-refractivity contribution is 7.16. The number of thiazole rings is 1. The lowest BCUT2D eigenvalue weighted by Crippen LogP contribution is -2.46. The number of para-hydroxylation sites is 1. The van der Waals surface area contributed by atoms with Gasteiger partial charge >= 0.3 is 11.8 Å². The molecule has 3 aliphatic heterocycles. The number of rotatable bonds is 4. The van der Waals surface area contributed by atoms with Crippen LogP contribution in [0.1, 0.15) is 70.0 Å². The number of hydrogen-bond donors (Lipinski definition) is 6. The fourth-order valence-electron chi connectivity index (χ4n) is 8.19. The van der Waals surface area contributed by atoms with Gasteiger partial charge in [0, 0.05) is 68.2 Å². The summed E-state index contributed by atoms with van der Waals surface area (Å²) in [6, 6.07) is 7.64. The van der Waals surface area contributed by atoms with Crippen LogP contribution in [0, 0.1) is 30.6 Å². The van der Waals surface area contributed by atoms with Gasteiger partial charge in [-0.3, -0.25) is 14.4 Å². The van der Waals surface area contributed by atoms with Crippen LogP contribution in [0.5, 0.6) is 23.0 Å². The number of methoxy groups -OCH3 is 1. The predicted molar refractivity (Wildman–Crippen MR) is 238 cm³/mol. The third-order valence-corrected chi connectivity index (χ3v) is 13.2. The fraction of sp³-hybridized carbons (Fsp3) is 0.413. The SMILES string of the molecule is COC1/C=C/OC2(C)Oc3c(C)c(O)c4c(O)c(c(/C=N/N=c5\sc6ccccc6n5C)c(O)c4c3C2=O)NC(=O)/C(C)=C/C=C/C(C)C(O)C(C)C(O)C(C)C(OC(C)=O)C1C. The number of nitrogens with one attached hydrogen (secondary N) is 1. The first kappa shape index (κ1) is 46.5. The molecule has 0 saturated carbocycles. The minimum atomic E-state index is -2.08. The standard InChI is InChI=1S/C46H54N4O12S/c1-21-14-13-15-22(2)44(58)48-35-28(20-47-49-45-50(9)29-16-11-12-17-31(29)63-45)39(55)32-33(40(35)56)38(54)26(6)42-34(32)43(57)46(8,62-42)60-19-18-30(59-10)23(3)41(61-27(7)51)25(5)37(53)24(4)36(21)52/h11-21,23-25,30,36-37,41,52-56H,1-10H3,(H,48,58)/b14-13+,19-18+,22-15+,47-20+,49-45-. The number of carbonyl (C=O) groups is 3. The van der Waals surface area contributed by atoms with Crippen LogP contribution < -0.4 is 14.9 Å². The normalized spacial score (nSPS) is 29.4. The molecule has 336 valence electrons. The molecule has 1 aromatic heterocycles. The fourth-order valence-corrected chi connectivity index (χ4v) is 9.16. The van der Waals surface area contributed by atoms with Crippen molar-refractivity contribution < 1.29 is 58.9 Å². The molecule has 0 saturated heterocycles. The Hall–Kier alpha value is -6.01. The van der Waals surface area contributed by atoms with Crippen molar-refractivity contribution in [2.75, 3.05) is 12.4 Å². The topological polar surface area (TPSA) is 231 Å². The molecule has 3 aromatic carbocycles. The zero-order valence-electron chi connectivity index (χ0n) is 36.7. The molecule has 9 unspecified atom stereocenters. The van der Waals surface area contributed by atoms with E-state index < -0.39 is 88.8 Å². The zero-order valence-corrected chi connectivity index (χ0v) is 37.6. The van der Waals surface area contributed by atoms with Crippen LogP contribution >= 0.6 is 11.3 Å².